The zero-order valence-electron chi connectivity index (χ0n) is 15.7. The highest BCUT2D eigenvalue weighted by molar-refractivity contribution is 5.92. The van der Waals surface area contributed by atoms with Crippen LogP contribution < -0.4 is 10.6 Å². The molecule has 0 saturated heterocycles. The fraction of sp³-hybridized carbons (Fsp3) is 0.478. The molecule has 4 bridgehead atoms. The van der Waals surface area contributed by atoms with E-state index in [-0.39, 0.29) is 11.4 Å². The number of rotatable bonds is 5. The van der Waals surface area contributed by atoms with Gasteiger partial charge < -0.3 is 10.6 Å². The molecule has 140 valence electrons. The third kappa shape index (κ3) is 3.58. The Balaban J connectivity index is 1.21. The summed E-state index contributed by atoms with van der Waals surface area (Å²) in [5.41, 5.74) is 2.04. The largest absolute Gasteiger partial charge is 0.365 e. The van der Waals surface area contributed by atoms with Crippen molar-refractivity contribution in [3.8, 4) is 0 Å². The maximum Gasteiger partial charge on any atom is 0.228 e. The number of benzene rings is 1. The first-order valence-electron chi connectivity index (χ1n) is 10.2. The highest BCUT2D eigenvalue weighted by atomic mass is 16.1. The molecular weight excluding hydrogens is 334 g/mol. The number of hydrogen-bond acceptors (Lipinski definition) is 3. The van der Waals surface area contributed by atoms with Crippen molar-refractivity contribution in [3.63, 3.8) is 0 Å². The molecule has 6 rings (SSSR count). The average molecular weight is 361 g/mol. The van der Waals surface area contributed by atoms with Gasteiger partial charge in [0.15, 0.2) is 0 Å². The molecular formula is C23H27N3O. The maximum atomic E-state index is 12.2. The molecule has 27 heavy (non-hydrogen) atoms. The summed E-state index contributed by atoms with van der Waals surface area (Å²) in [6, 6.07) is 13.8. The normalized spacial score (nSPS) is 30.9. The fourth-order valence-corrected chi connectivity index (χ4v) is 6.06. The molecule has 4 aliphatic rings. The van der Waals surface area contributed by atoms with Crippen molar-refractivity contribution >= 4 is 17.4 Å². The smallest absolute Gasteiger partial charge is 0.228 e. The standard InChI is InChI=1S/C23H27N3O/c27-22(11-16-4-2-1-3-5-16)25-20-6-7-21(24-15-20)26-23-12-17-8-18(13-23)10-19(9-17)14-23/h1-7,15,17-19H,8-14H2,(H,24,26)(H,25,27). The molecule has 1 heterocycles. The summed E-state index contributed by atoms with van der Waals surface area (Å²) in [5, 5.41) is 6.73. The van der Waals surface area contributed by atoms with Crippen LogP contribution in [0.2, 0.25) is 0 Å². The molecule has 0 unspecified atom stereocenters. The van der Waals surface area contributed by atoms with Crippen LogP contribution in [0.4, 0.5) is 11.5 Å². The minimum atomic E-state index is -0.00945. The molecule has 0 atom stereocenters. The third-order valence-electron chi connectivity index (χ3n) is 6.69. The van der Waals surface area contributed by atoms with E-state index in [1.54, 1.807) is 6.20 Å². The SMILES string of the molecule is O=C(Cc1ccccc1)Nc1ccc(NC23CC4CC(CC(C4)C2)C3)nc1. The van der Waals surface area contributed by atoms with Crippen LogP contribution in [0.3, 0.4) is 0 Å². The molecule has 2 aromatic rings. The number of aromatic nitrogens is 1. The lowest BCUT2D eigenvalue weighted by molar-refractivity contribution is -0.115. The number of nitrogens with zero attached hydrogens (tertiary/aromatic N) is 1. The Labute approximate surface area is 160 Å². The first-order chi connectivity index (χ1) is 13.2. The van der Waals surface area contributed by atoms with Gasteiger partial charge in [0.1, 0.15) is 5.82 Å². The Hall–Kier alpha value is -2.36. The number of anilines is 2. The summed E-state index contributed by atoms with van der Waals surface area (Å²) in [6.07, 6.45) is 10.4. The van der Waals surface area contributed by atoms with Gasteiger partial charge >= 0.3 is 0 Å². The van der Waals surface area contributed by atoms with Crippen molar-refractivity contribution in [2.45, 2.75) is 50.5 Å². The van der Waals surface area contributed by atoms with Gasteiger partial charge in [0.05, 0.1) is 18.3 Å². The predicted molar refractivity (Wildman–Crippen MR) is 108 cm³/mol. The van der Waals surface area contributed by atoms with E-state index in [9.17, 15) is 4.79 Å². The molecule has 1 amide bonds. The van der Waals surface area contributed by atoms with Crippen LogP contribution in [0.5, 0.6) is 0 Å². The molecule has 2 N–H and O–H groups in total. The van der Waals surface area contributed by atoms with Crippen LogP contribution in [0.1, 0.15) is 44.1 Å². The van der Waals surface area contributed by atoms with Gasteiger partial charge in [-0.05, 0) is 74.0 Å². The maximum absolute atomic E-state index is 12.2. The van der Waals surface area contributed by atoms with Crippen LogP contribution in [0.25, 0.3) is 0 Å². The summed E-state index contributed by atoms with van der Waals surface area (Å²) >= 11 is 0. The van der Waals surface area contributed by atoms with E-state index in [2.05, 4.69) is 15.6 Å². The first kappa shape index (κ1) is 16.8. The predicted octanol–water partition coefficient (Wildman–Crippen LogP) is 4.64. The van der Waals surface area contributed by atoms with Crippen molar-refractivity contribution in [2.24, 2.45) is 17.8 Å². The Bertz CT molecular complexity index is 780. The van der Waals surface area contributed by atoms with Crippen molar-refractivity contribution in [2.75, 3.05) is 10.6 Å². The summed E-state index contributed by atoms with van der Waals surface area (Å²) in [6.45, 7) is 0. The molecule has 0 aliphatic heterocycles. The van der Waals surface area contributed by atoms with Gasteiger partial charge in [0.2, 0.25) is 5.91 Å². The van der Waals surface area contributed by atoms with E-state index in [0.717, 1.165) is 34.8 Å². The quantitative estimate of drug-likeness (QED) is 0.815. The molecule has 1 aromatic heterocycles. The zero-order valence-corrected chi connectivity index (χ0v) is 15.7. The van der Waals surface area contributed by atoms with E-state index >= 15 is 0 Å². The second-order valence-electron chi connectivity index (χ2n) is 8.97. The topological polar surface area (TPSA) is 54.0 Å². The minimum Gasteiger partial charge on any atom is -0.365 e. The van der Waals surface area contributed by atoms with Crippen molar-refractivity contribution in [1.29, 1.82) is 0 Å². The lowest BCUT2D eigenvalue weighted by Crippen LogP contribution is -2.54. The van der Waals surface area contributed by atoms with Gasteiger partial charge in [0, 0.05) is 5.54 Å². The molecule has 0 spiro atoms. The third-order valence-corrected chi connectivity index (χ3v) is 6.69. The van der Waals surface area contributed by atoms with E-state index in [4.69, 9.17) is 0 Å². The van der Waals surface area contributed by atoms with Crippen molar-refractivity contribution in [1.82, 2.24) is 4.98 Å². The highest BCUT2D eigenvalue weighted by Gasteiger charge is 2.51. The van der Waals surface area contributed by atoms with Crippen LogP contribution in [0.15, 0.2) is 48.7 Å². The molecule has 0 radical (unpaired) electrons. The second-order valence-corrected chi connectivity index (χ2v) is 8.97. The van der Waals surface area contributed by atoms with E-state index in [0.29, 0.717) is 6.42 Å². The van der Waals surface area contributed by atoms with Gasteiger partial charge in [0.25, 0.3) is 0 Å². The number of pyridine rings is 1. The van der Waals surface area contributed by atoms with E-state index in [1.165, 1.54) is 38.5 Å². The average Bonchev–Trinajstić information content (AvgIpc) is 2.63. The Morgan fingerprint density at radius 3 is 2.22 bits per heavy atom. The lowest BCUT2D eigenvalue weighted by atomic mass is 9.53. The summed E-state index contributed by atoms with van der Waals surface area (Å²) in [5.74, 6) is 3.68. The fourth-order valence-electron chi connectivity index (χ4n) is 6.06. The van der Waals surface area contributed by atoms with Gasteiger partial charge in [-0.1, -0.05) is 30.3 Å². The first-order valence-corrected chi connectivity index (χ1v) is 10.2. The number of hydrogen-bond donors (Lipinski definition) is 2. The Morgan fingerprint density at radius 1 is 0.963 bits per heavy atom. The molecule has 1 aromatic carbocycles. The second kappa shape index (κ2) is 6.66. The van der Waals surface area contributed by atoms with Crippen LogP contribution in [0, 0.1) is 17.8 Å². The lowest BCUT2D eigenvalue weighted by Gasteiger charge is -2.57. The zero-order chi connectivity index (χ0) is 18.3. The minimum absolute atomic E-state index is 0.00945. The molecule has 4 saturated carbocycles. The van der Waals surface area contributed by atoms with Gasteiger partial charge in [-0.15, -0.1) is 0 Å². The number of carbonyl (C=O) groups excluding carboxylic acids is 1. The molecule has 4 aliphatic carbocycles. The molecule has 4 nitrogen and oxygen atoms in total. The summed E-state index contributed by atoms with van der Waals surface area (Å²) in [4.78, 5) is 16.8. The molecule has 4 heteroatoms. The highest BCUT2D eigenvalue weighted by Crippen LogP contribution is 2.56. The number of amides is 1. The van der Waals surface area contributed by atoms with E-state index < -0.39 is 0 Å². The summed E-state index contributed by atoms with van der Waals surface area (Å²) < 4.78 is 0. The Kier molecular flexibility index (Phi) is 4.14. The van der Waals surface area contributed by atoms with Crippen LogP contribution >= 0.6 is 0 Å². The van der Waals surface area contributed by atoms with Gasteiger partial charge in [-0.25, -0.2) is 4.98 Å². The molecule has 4 fully saturated rings. The van der Waals surface area contributed by atoms with Gasteiger partial charge in [-0.2, -0.15) is 0 Å². The Morgan fingerprint density at radius 2 is 1.63 bits per heavy atom. The van der Waals surface area contributed by atoms with Crippen LogP contribution in [-0.2, 0) is 11.2 Å². The number of nitrogens with one attached hydrogen (secondary N) is 2. The van der Waals surface area contributed by atoms with Crippen molar-refractivity contribution < 1.29 is 4.79 Å². The summed E-state index contributed by atoms with van der Waals surface area (Å²) in [7, 11) is 0. The van der Waals surface area contributed by atoms with Crippen LogP contribution in [-0.4, -0.2) is 16.4 Å². The number of carbonyl (C=O) groups is 1. The van der Waals surface area contributed by atoms with Gasteiger partial charge in [-0.3, -0.25) is 4.79 Å². The van der Waals surface area contributed by atoms with Crippen molar-refractivity contribution in [3.05, 3.63) is 54.2 Å². The monoisotopic (exact) mass is 361 g/mol. The van der Waals surface area contributed by atoms with E-state index in [1.807, 2.05) is 42.5 Å².